The van der Waals surface area contributed by atoms with Crippen molar-refractivity contribution in [3.63, 3.8) is 0 Å². The summed E-state index contributed by atoms with van der Waals surface area (Å²) >= 11 is 0. The number of hydrogen-bond acceptors (Lipinski definition) is 3. The van der Waals surface area contributed by atoms with Crippen molar-refractivity contribution in [1.29, 1.82) is 0 Å². The zero-order chi connectivity index (χ0) is 23.9. The molecule has 2 amide bonds. The minimum Gasteiger partial charge on any atom is -0.320 e. The molecule has 1 aliphatic heterocycles. The average molecular weight is 452 g/mol. The molecule has 0 spiro atoms. The first-order valence-electron chi connectivity index (χ1n) is 11.6. The highest BCUT2D eigenvalue weighted by atomic mass is 16.2. The maximum absolute atomic E-state index is 13.5. The predicted octanol–water partition coefficient (Wildman–Crippen LogP) is 5.05. The van der Waals surface area contributed by atoms with Gasteiger partial charge >= 0.3 is 0 Å². The van der Waals surface area contributed by atoms with E-state index in [2.05, 4.69) is 28.3 Å². The van der Waals surface area contributed by atoms with Gasteiger partial charge in [-0.2, -0.15) is 0 Å². The number of amides is 2. The van der Waals surface area contributed by atoms with Crippen molar-refractivity contribution < 1.29 is 9.59 Å². The van der Waals surface area contributed by atoms with Crippen molar-refractivity contribution in [2.75, 3.05) is 30.4 Å². The molecule has 0 unspecified atom stereocenters. The number of hydrogen-bond donors (Lipinski definition) is 1. The molecule has 3 aromatic rings. The third kappa shape index (κ3) is 5.36. The largest absolute Gasteiger partial charge is 0.320 e. The van der Waals surface area contributed by atoms with Gasteiger partial charge in [-0.3, -0.25) is 19.4 Å². The number of aryl methyl sites for hydroxylation is 1. The Hall–Kier alpha value is -3.88. The van der Waals surface area contributed by atoms with Crippen LogP contribution in [0.4, 0.5) is 17.1 Å². The van der Waals surface area contributed by atoms with Crippen LogP contribution < -0.4 is 10.2 Å². The molecular weight excluding hydrogens is 422 g/mol. The van der Waals surface area contributed by atoms with Gasteiger partial charge in [0.05, 0.1) is 35.6 Å². The second-order valence-corrected chi connectivity index (χ2v) is 8.61. The molecule has 1 N–H and O–H groups in total. The summed E-state index contributed by atoms with van der Waals surface area (Å²) in [6.45, 7) is 1.67. The van der Waals surface area contributed by atoms with E-state index < -0.39 is 0 Å². The second kappa shape index (κ2) is 10.8. The van der Waals surface area contributed by atoms with E-state index in [4.69, 9.17) is 6.42 Å². The summed E-state index contributed by atoms with van der Waals surface area (Å²) in [5, 5.41) is 2.93. The van der Waals surface area contributed by atoms with E-state index >= 15 is 0 Å². The van der Waals surface area contributed by atoms with Gasteiger partial charge in [-0.15, -0.1) is 6.42 Å². The van der Waals surface area contributed by atoms with Gasteiger partial charge in [0.25, 0.3) is 5.91 Å². The van der Waals surface area contributed by atoms with E-state index in [0.717, 1.165) is 31.4 Å². The van der Waals surface area contributed by atoms with Gasteiger partial charge in [0.1, 0.15) is 0 Å². The Kier molecular flexibility index (Phi) is 7.41. The highest BCUT2D eigenvalue weighted by Crippen LogP contribution is 2.38. The number of terminal acetylenes is 1. The molecule has 1 aliphatic rings. The monoisotopic (exact) mass is 451 g/mol. The summed E-state index contributed by atoms with van der Waals surface area (Å²) < 4.78 is 0. The molecule has 0 saturated carbocycles. The molecule has 0 saturated heterocycles. The fourth-order valence-corrected chi connectivity index (χ4v) is 4.25. The Morgan fingerprint density at radius 1 is 0.941 bits per heavy atom. The van der Waals surface area contributed by atoms with Crippen LogP contribution in [-0.2, 0) is 17.6 Å². The van der Waals surface area contributed by atoms with Crippen LogP contribution in [0, 0.1) is 12.3 Å². The first kappa shape index (κ1) is 23.3. The molecule has 5 nitrogen and oxygen atoms in total. The van der Waals surface area contributed by atoms with Crippen LogP contribution in [0.3, 0.4) is 0 Å². The standard InChI is InChI=1S/C29H29N3O2/c1-3-19-31(2)20-9-8-10-22-15-17-23(18-16-22)21-28(33)32-26-13-6-4-11-24(26)29(34)30-25-12-5-7-14-27(25)32/h1,4-7,11-18H,8-10,19-21H2,2H3,(H,30,34). The van der Waals surface area contributed by atoms with Crippen LogP contribution >= 0.6 is 0 Å². The van der Waals surface area contributed by atoms with E-state index in [9.17, 15) is 9.59 Å². The molecule has 1 heterocycles. The number of unbranched alkanes of at least 4 members (excludes halogenated alkanes) is 1. The zero-order valence-electron chi connectivity index (χ0n) is 19.5. The summed E-state index contributed by atoms with van der Waals surface area (Å²) in [5.74, 6) is 2.37. The molecule has 0 atom stereocenters. The Balaban J connectivity index is 1.46. The second-order valence-electron chi connectivity index (χ2n) is 8.61. The molecule has 3 aromatic carbocycles. The van der Waals surface area contributed by atoms with Gasteiger partial charge in [-0.1, -0.05) is 54.5 Å². The molecule has 0 radical (unpaired) electrons. The molecule has 0 aliphatic carbocycles. The predicted molar refractivity (Wildman–Crippen MR) is 137 cm³/mol. The maximum Gasteiger partial charge on any atom is 0.257 e. The lowest BCUT2D eigenvalue weighted by Crippen LogP contribution is -2.28. The lowest BCUT2D eigenvalue weighted by Gasteiger charge is -2.24. The lowest BCUT2D eigenvalue weighted by molar-refractivity contribution is -0.117. The highest BCUT2D eigenvalue weighted by Gasteiger charge is 2.28. The van der Waals surface area contributed by atoms with Crippen molar-refractivity contribution in [2.45, 2.75) is 25.7 Å². The highest BCUT2D eigenvalue weighted by molar-refractivity contribution is 6.17. The normalized spacial score (nSPS) is 12.4. The van der Waals surface area contributed by atoms with Crippen LogP contribution in [0.5, 0.6) is 0 Å². The first-order chi connectivity index (χ1) is 16.6. The number of fused-ring (bicyclic) bond motifs is 2. The van der Waals surface area contributed by atoms with Crippen molar-refractivity contribution >= 4 is 28.9 Å². The minimum absolute atomic E-state index is 0.0827. The Bertz CT molecular complexity index is 1210. The lowest BCUT2D eigenvalue weighted by atomic mass is 10.0. The van der Waals surface area contributed by atoms with Crippen molar-refractivity contribution in [1.82, 2.24) is 4.90 Å². The number of carbonyl (C=O) groups is 2. The number of nitrogens with zero attached hydrogens (tertiary/aromatic N) is 2. The van der Waals surface area contributed by atoms with Gasteiger partial charge in [0.2, 0.25) is 5.91 Å². The number of nitrogens with one attached hydrogen (secondary N) is 1. The van der Waals surface area contributed by atoms with Crippen LogP contribution in [0.15, 0.2) is 72.8 Å². The smallest absolute Gasteiger partial charge is 0.257 e. The van der Waals surface area contributed by atoms with Gasteiger partial charge in [-0.25, -0.2) is 0 Å². The van der Waals surface area contributed by atoms with Gasteiger partial charge < -0.3 is 5.32 Å². The summed E-state index contributed by atoms with van der Waals surface area (Å²) in [4.78, 5) is 30.1. The van der Waals surface area contributed by atoms with Gasteiger partial charge in [-0.05, 0) is 68.2 Å². The van der Waals surface area contributed by atoms with Crippen LogP contribution in [0.2, 0.25) is 0 Å². The molecule has 0 fully saturated rings. The Morgan fingerprint density at radius 3 is 2.38 bits per heavy atom. The van der Waals surface area contributed by atoms with E-state index in [1.165, 1.54) is 5.56 Å². The minimum atomic E-state index is -0.215. The van der Waals surface area contributed by atoms with Crippen molar-refractivity contribution in [3.05, 3.63) is 89.5 Å². The van der Waals surface area contributed by atoms with Crippen molar-refractivity contribution in [2.24, 2.45) is 0 Å². The zero-order valence-corrected chi connectivity index (χ0v) is 19.5. The number of carbonyl (C=O) groups excluding carboxylic acids is 2. The SMILES string of the molecule is C#CCN(C)CCCCc1ccc(CC(=O)N2c3ccccc3NC(=O)c3ccccc32)cc1. The quantitative estimate of drug-likeness (QED) is 0.385. The molecule has 5 heteroatoms. The summed E-state index contributed by atoms with van der Waals surface area (Å²) in [6, 6.07) is 22.9. The third-order valence-electron chi connectivity index (χ3n) is 6.03. The molecule has 172 valence electrons. The summed E-state index contributed by atoms with van der Waals surface area (Å²) in [5.41, 5.74) is 4.59. The van der Waals surface area contributed by atoms with E-state index in [0.29, 0.717) is 29.2 Å². The maximum atomic E-state index is 13.5. The average Bonchev–Trinajstić information content (AvgIpc) is 2.97. The molecular formula is C29H29N3O2. The van der Waals surface area contributed by atoms with Crippen molar-refractivity contribution in [3.8, 4) is 12.3 Å². The fraction of sp³-hybridized carbons (Fsp3) is 0.241. The Morgan fingerprint density at radius 2 is 1.62 bits per heavy atom. The first-order valence-corrected chi connectivity index (χ1v) is 11.6. The van der Waals surface area contributed by atoms with Crippen LogP contribution in [0.1, 0.15) is 34.3 Å². The molecule has 34 heavy (non-hydrogen) atoms. The number of rotatable bonds is 8. The number of benzene rings is 3. The number of anilines is 3. The van der Waals surface area contributed by atoms with E-state index in [1.807, 2.05) is 61.6 Å². The molecule has 0 bridgehead atoms. The summed E-state index contributed by atoms with van der Waals surface area (Å²) in [6.07, 6.45) is 8.78. The topological polar surface area (TPSA) is 52.7 Å². The molecule has 4 rings (SSSR count). The van der Waals surface area contributed by atoms with Gasteiger partial charge in [0, 0.05) is 0 Å². The number of para-hydroxylation sites is 3. The molecule has 0 aromatic heterocycles. The van der Waals surface area contributed by atoms with Crippen LogP contribution in [-0.4, -0.2) is 36.9 Å². The fourth-order valence-electron chi connectivity index (χ4n) is 4.25. The third-order valence-corrected chi connectivity index (χ3v) is 6.03. The van der Waals surface area contributed by atoms with Crippen LogP contribution in [0.25, 0.3) is 0 Å². The summed E-state index contributed by atoms with van der Waals surface area (Å²) in [7, 11) is 2.04. The van der Waals surface area contributed by atoms with Gasteiger partial charge in [0.15, 0.2) is 0 Å². The van der Waals surface area contributed by atoms with E-state index in [1.54, 1.807) is 11.0 Å². The van der Waals surface area contributed by atoms with E-state index in [-0.39, 0.29) is 18.2 Å². The Labute approximate surface area is 201 Å².